The predicted molar refractivity (Wildman–Crippen MR) is 146 cm³/mol. The normalized spacial score (nSPS) is 14.2. The third-order valence-electron chi connectivity index (χ3n) is 7.97. The number of hydrogen-bond donors (Lipinski definition) is 0. The maximum atomic E-state index is 6.57. The molecule has 2 heterocycles. The Balaban J connectivity index is 1.65. The lowest BCUT2D eigenvalue weighted by atomic mass is 9.81. The summed E-state index contributed by atoms with van der Waals surface area (Å²) in [5.74, 6) is 0. The second-order valence-electron chi connectivity index (χ2n) is 10.2. The first-order valence-electron chi connectivity index (χ1n) is 12.2. The van der Waals surface area contributed by atoms with Gasteiger partial charge in [0.1, 0.15) is 5.58 Å². The Hall–Kier alpha value is -4.30. The molecule has 166 valence electrons. The van der Waals surface area contributed by atoms with E-state index in [2.05, 4.69) is 115 Å². The highest BCUT2D eigenvalue weighted by Crippen LogP contribution is 2.53. The topological polar surface area (TPSA) is 18.1 Å². The summed E-state index contributed by atoms with van der Waals surface area (Å²) in [7, 11) is 0. The van der Waals surface area contributed by atoms with Gasteiger partial charge in [-0.05, 0) is 46.5 Å². The summed E-state index contributed by atoms with van der Waals surface area (Å²) in [6.07, 6.45) is 0. The summed E-state index contributed by atoms with van der Waals surface area (Å²) in [6.45, 7) is 4.72. The number of aromatic nitrogens is 1. The van der Waals surface area contributed by atoms with E-state index >= 15 is 0 Å². The van der Waals surface area contributed by atoms with Gasteiger partial charge in [0.2, 0.25) is 0 Å². The van der Waals surface area contributed by atoms with Crippen LogP contribution in [0.25, 0.3) is 60.6 Å². The minimum atomic E-state index is -0.112. The number of fused-ring (bicyclic) bond motifs is 11. The van der Waals surface area contributed by atoms with E-state index in [0.717, 1.165) is 33.1 Å². The molecule has 2 heteroatoms. The van der Waals surface area contributed by atoms with Crippen LogP contribution in [0, 0.1) is 0 Å². The van der Waals surface area contributed by atoms with Crippen LogP contribution in [0.4, 0.5) is 0 Å². The molecule has 0 N–H and O–H groups in total. The van der Waals surface area contributed by atoms with Crippen molar-refractivity contribution in [2.45, 2.75) is 19.3 Å². The van der Waals surface area contributed by atoms with Crippen LogP contribution in [0.15, 0.2) is 108 Å². The monoisotopic (exact) mass is 449 g/mol. The van der Waals surface area contributed by atoms with Crippen LogP contribution in [0.5, 0.6) is 0 Å². The second kappa shape index (κ2) is 6.43. The van der Waals surface area contributed by atoms with Gasteiger partial charge in [0.15, 0.2) is 5.58 Å². The van der Waals surface area contributed by atoms with E-state index in [-0.39, 0.29) is 5.41 Å². The number of rotatable bonds is 1. The molecule has 0 fully saturated rings. The van der Waals surface area contributed by atoms with Gasteiger partial charge in [-0.15, -0.1) is 0 Å². The molecule has 5 aromatic carbocycles. The third-order valence-corrected chi connectivity index (χ3v) is 7.97. The van der Waals surface area contributed by atoms with E-state index in [1.54, 1.807) is 0 Å². The van der Waals surface area contributed by atoms with Gasteiger partial charge in [0.05, 0.1) is 11.0 Å². The fraction of sp³-hybridized carbons (Fsp3) is 0.0909. The average Bonchev–Trinajstić information content (AvgIpc) is 3.51. The zero-order valence-electron chi connectivity index (χ0n) is 19.7. The van der Waals surface area contributed by atoms with Gasteiger partial charge < -0.3 is 8.98 Å². The molecule has 1 aliphatic carbocycles. The molecule has 0 spiro atoms. The standard InChI is InChI=1S/C33H23NO/c1-33(2)27-14-8-6-12-21(27)23-16-17-24-25-18-19-26-22-13-7-9-15-28(22)35-32(26)31(25)34(30(24)29(23)33)20-10-4-3-5-11-20/h3-19H,1-2H3. The Morgan fingerprint density at radius 1 is 0.571 bits per heavy atom. The van der Waals surface area contributed by atoms with Gasteiger partial charge >= 0.3 is 0 Å². The van der Waals surface area contributed by atoms with Crippen molar-refractivity contribution in [3.8, 4) is 16.8 Å². The van der Waals surface area contributed by atoms with Crippen LogP contribution < -0.4 is 0 Å². The van der Waals surface area contributed by atoms with Crippen LogP contribution in [-0.4, -0.2) is 4.57 Å². The van der Waals surface area contributed by atoms with Crippen molar-refractivity contribution < 1.29 is 4.42 Å². The summed E-state index contributed by atoms with van der Waals surface area (Å²) >= 11 is 0. The van der Waals surface area contributed by atoms with E-state index in [1.807, 2.05) is 6.07 Å². The van der Waals surface area contributed by atoms with Gasteiger partial charge in [-0.1, -0.05) is 92.7 Å². The lowest BCUT2D eigenvalue weighted by Crippen LogP contribution is -2.16. The molecule has 0 aliphatic heterocycles. The number of nitrogens with zero attached hydrogens (tertiary/aromatic N) is 1. The predicted octanol–water partition coefficient (Wildman–Crippen LogP) is 8.99. The Labute approximate surface area is 203 Å². The van der Waals surface area contributed by atoms with Crippen molar-refractivity contribution >= 4 is 43.7 Å². The molecule has 2 aromatic heterocycles. The highest BCUT2D eigenvalue weighted by atomic mass is 16.3. The number of hydrogen-bond acceptors (Lipinski definition) is 1. The van der Waals surface area contributed by atoms with Crippen LogP contribution in [0.2, 0.25) is 0 Å². The van der Waals surface area contributed by atoms with Crippen molar-refractivity contribution in [3.05, 3.63) is 114 Å². The van der Waals surface area contributed by atoms with Gasteiger partial charge in [0.25, 0.3) is 0 Å². The molecule has 0 bridgehead atoms. The van der Waals surface area contributed by atoms with E-state index in [9.17, 15) is 0 Å². The lowest BCUT2D eigenvalue weighted by Gasteiger charge is -2.23. The molecule has 0 saturated heterocycles. The van der Waals surface area contributed by atoms with Gasteiger partial charge in [0, 0.05) is 32.6 Å². The zero-order chi connectivity index (χ0) is 23.3. The maximum absolute atomic E-state index is 6.57. The molecule has 2 nitrogen and oxygen atoms in total. The Morgan fingerprint density at radius 3 is 2.14 bits per heavy atom. The van der Waals surface area contributed by atoms with Crippen molar-refractivity contribution in [1.29, 1.82) is 0 Å². The van der Waals surface area contributed by atoms with Crippen LogP contribution >= 0.6 is 0 Å². The molecule has 7 aromatic rings. The molecular weight excluding hydrogens is 426 g/mol. The summed E-state index contributed by atoms with van der Waals surface area (Å²) in [5.41, 5.74) is 10.8. The summed E-state index contributed by atoms with van der Waals surface area (Å²) < 4.78 is 9.02. The Bertz CT molecular complexity index is 1970. The number of benzene rings is 5. The second-order valence-corrected chi connectivity index (χ2v) is 10.2. The van der Waals surface area contributed by atoms with Crippen LogP contribution in [0.1, 0.15) is 25.0 Å². The number of furan rings is 1. The summed E-state index contributed by atoms with van der Waals surface area (Å²) in [6, 6.07) is 37.1. The molecule has 0 unspecified atom stereocenters. The van der Waals surface area contributed by atoms with Crippen molar-refractivity contribution in [3.63, 3.8) is 0 Å². The zero-order valence-corrected chi connectivity index (χ0v) is 19.7. The first kappa shape index (κ1) is 19.1. The molecule has 35 heavy (non-hydrogen) atoms. The van der Waals surface area contributed by atoms with E-state index < -0.39 is 0 Å². The molecule has 0 radical (unpaired) electrons. The minimum absolute atomic E-state index is 0.112. The fourth-order valence-electron chi connectivity index (χ4n) is 6.46. The van der Waals surface area contributed by atoms with Gasteiger partial charge in [-0.25, -0.2) is 0 Å². The summed E-state index contributed by atoms with van der Waals surface area (Å²) in [4.78, 5) is 0. The highest BCUT2D eigenvalue weighted by Gasteiger charge is 2.38. The Kier molecular flexibility index (Phi) is 3.50. The van der Waals surface area contributed by atoms with Crippen molar-refractivity contribution in [2.24, 2.45) is 0 Å². The average molecular weight is 450 g/mol. The first-order chi connectivity index (χ1) is 17.1. The van der Waals surface area contributed by atoms with Gasteiger partial charge in [-0.3, -0.25) is 0 Å². The van der Waals surface area contributed by atoms with Crippen LogP contribution in [0.3, 0.4) is 0 Å². The fourth-order valence-corrected chi connectivity index (χ4v) is 6.46. The van der Waals surface area contributed by atoms with Gasteiger partial charge in [-0.2, -0.15) is 0 Å². The molecule has 1 aliphatic rings. The molecule has 0 amide bonds. The number of para-hydroxylation sites is 2. The van der Waals surface area contributed by atoms with E-state index in [4.69, 9.17) is 4.42 Å². The quantitative estimate of drug-likeness (QED) is 0.244. The Morgan fingerprint density at radius 2 is 1.26 bits per heavy atom. The SMILES string of the molecule is CC1(C)c2ccccc2-c2ccc3c4ccc5c6ccccc6oc5c4n(-c4ccccc4)c3c21. The first-order valence-corrected chi connectivity index (χ1v) is 12.2. The largest absolute Gasteiger partial charge is 0.454 e. The molecule has 0 saturated carbocycles. The van der Waals surface area contributed by atoms with Crippen LogP contribution in [-0.2, 0) is 5.41 Å². The molecular formula is C33H23NO. The minimum Gasteiger partial charge on any atom is -0.454 e. The lowest BCUT2D eigenvalue weighted by molar-refractivity contribution is 0.663. The maximum Gasteiger partial charge on any atom is 0.160 e. The molecule has 0 atom stereocenters. The molecule has 8 rings (SSSR count). The summed E-state index contributed by atoms with van der Waals surface area (Å²) in [5, 5.41) is 4.82. The van der Waals surface area contributed by atoms with Crippen molar-refractivity contribution in [2.75, 3.05) is 0 Å². The highest BCUT2D eigenvalue weighted by molar-refractivity contribution is 6.22. The third kappa shape index (κ3) is 2.29. The van der Waals surface area contributed by atoms with E-state index in [0.29, 0.717) is 0 Å². The van der Waals surface area contributed by atoms with Crippen molar-refractivity contribution in [1.82, 2.24) is 4.57 Å². The van der Waals surface area contributed by atoms with E-state index in [1.165, 1.54) is 38.5 Å². The smallest absolute Gasteiger partial charge is 0.160 e.